The zero-order chi connectivity index (χ0) is 30.0. The van der Waals surface area contributed by atoms with Crippen molar-refractivity contribution >= 4 is 60.8 Å². The molecule has 6 rings (SSSR count). The number of fused-ring (bicyclic) bond motifs is 3. The molecule has 0 radical (unpaired) electrons. The van der Waals surface area contributed by atoms with Gasteiger partial charge in [0, 0.05) is 28.6 Å². The molecule has 0 amide bonds. The lowest BCUT2D eigenvalue weighted by Gasteiger charge is -2.19. The van der Waals surface area contributed by atoms with Gasteiger partial charge in [-0.3, -0.25) is 14.0 Å². The van der Waals surface area contributed by atoms with Gasteiger partial charge in [-0.15, -0.1) is 10.2 Å². The van der Waals surface area contributed by atoms with E-state index in [4.69, 9.17) is 0 Å². The Labute approximate surface area is 250 Å². The number of nitrogens with zero attached hydrogens (tertiary/aromatic N) is 5. The van der Waals surface area contributed by atoms with E-state index in [9.17, 15) is 31.2 Å². The molecular weight excluding hydrogens is 690 g/mol. The number of hydrogen-bond donors (Lipinski definition) is 2. The van der Waals surface area contributed by atoms with Crippen molar-refractivity contribution < 1.29 is 21.6 Å². The highest BCUT2D eigenvalue weighted by Crippen LogP contribution is 2.41. The van der Waals surface area contributed by atoms with Crippen LogP contribution < -0.4 is 21.5 Å². The van der Waals surface area contributed by atoms with Crippen LogP contribution in [0.2, 0.25) is 0 Å². The zero-order valence-corrected chi connectivity index (χ0v) is 24.9. The number of benzene rings is 1. The SMILES string of the molecule is Cc1ccc(S(=O)(=O)n2ccc3c2ncc2nnc(C4C[C@@H](Nc5c(NCCC(F)(F)F)c(=O)c5=O)C[C@H]4I)n23)cc1. The van der Waals surface area contributed by atoms with E-state index in [1.807, 2.05) is 6.92 Å². The van der Waals surface area contributed by atoms with Crippen molar-refractivity contribution in [2.45, 2.75) is 53.1 Å². The van der Waals surface area contributed by atoms with Crippen LogP contribution in [0.25, 0.3) is 16.8 Å². The summed E-state index contributed by atoms with van der Waals surface area (Å²) in [7, 11) is -3.93. The lowest BCUT2D eigenvalue weighted by molar-refractivity contribution is -0.131. The quantitative estimate of drug-likeness (QED) is 0.140. The van der Waals surface area contributed by atoms with E-state index in [-0.39, 0.29) is 37.8 Å². The van der Waals surface area contributed by atoms with Gasteiger partial charge in [-0.2, -0.15) is 13.2 Å². The number of halogens is 4. The average molecular weight is 713 g/mol. The molecule has 3 heterocycles. The van der Waals surface area contributed by atoms with E-state index < -0.39 is 40.0 Å². The summed E-state index contributed by atoms with van der Waals surface area (Å²) in [6.07, 6.45) is -1.56. The molecule has 1 aliphatic carbocycles. The maximum atomic E-state index is 13.4. The molecule has 0 spiro atoms. The first-order valence-electron chi connectivity index (χ1n) is 12.9. The fourth-order valence-corrected chi connectivity index (χ4v) is 7.84. The van der Waals surface area contributed by atoms with Crippen molar-refractivity contribution in [3.8, 4) is 0 Å². The van der Waals surface area contributed by atoms with Crippen LogP contribution in [0.3, 0.4) is 0 Å². The van der Waals surface area contributed by atoms with Crippen LogP contribution in [0.15, 0.2) is 57.2 Å². The zero-order valence-electron chi connectivity index (χ0n) is 21.9. The number of aryl methyl sites for hydroxylation is 1. The molecule has 3 aromatic heterocycles. The summed E-state index contributed by atoms with van der Waals surface area (Å²) >= 11 is 2.27. The van der Waals surface area contributed by atoms with Crippen LogP contribution in [0, 0.1) is 6.92 Å². The second-order valence-electron chi connectivity index (χ2n) is 10.3. The molecule has 0 bridgehead atoms. The van der Waals surface area contributed by atoms with Crippen molar-refractivity contribution in [2.75, 3.05) is 17.2 Å². The second-order valence-corrected chi connectivity index (χ2v) is 13.7. The third-order valence-corrected chi connectivity index (χ3v) is 10.5. The minimum Gasteiger partial charge on any atom is -0.380 e. The molecule has 0 saturated heterocycles. The van der Waals surface area contributed by atoms with Crippen molar-refractivity contribution in [3.63, 3.8) is 0 Å². The summed E-state index contributed by atoms with van der Waals surface area (Å²) in [4.78, 5) is 28.7. The first-order chi connectivity index (χ1) is 19.8. The van der Waals surface area contributed by atoms with Crippen LogP contribution in [0.5, 0.6) is 0 Å². The van der Waals surface area contributed by atoms with Gasteiger partial charge >= 0.3 is 6.18 Å². The molecule has 42 heavy (non-hydrogen) atoms. The Morgan fingerprint density at radius 1 is 1.05 bits per heavy atom. The topological polar surface area (TPSA) is 140 Å². The third kappa shape index (κ3) is 4.93. The number of nitrogens with one attached hydrogen (secondary N) is 2. The van der Waals surface area contributed by atoms with Crippen LogP contribution in [0.4, 0.5) is 24.5 Å². The normalized spacial score (nSPS) is 19.7. The Bertz CT molecular complexity index is 2000. The largest absolute Gasteiger partial charge is 0.390 e. The molecule has 5 aromatic rings. The average Bonchev–Trinajstić information content (AvgIpc) is 3.65. The van der Waals surface area contributed by atoms with Crippen molar-refractivity contribution in [3.05, 3.63) is 74.6 Å². The van der Waals surface area contributed by atoms with Gasteiger partial charge in [0.25, 0.3) is 20.9 Å². The van der Waals surface area contributed by atoms with Gasteiger partial charge in [-0.1, -0.05) is 40.3 Å². The monoisotopic (exact) mass is 713 g/mol. The molecular formula is C26H23F3IN7O4S. The van der Waals surface area contributed by atoms with Crippen molar-refractivity contribution in [1.29, 1.82) is 0 Å². The Morgan fingerprint density at radius 3 is 2.48 bits per heavy atom. The molecule has 11 nitrogen and oxygen atoms in total. The minimum absolute atomic E-state index is 0.00694. The molecule has 220 valence electrons. The van der Waals surface area contributed by atoms with E-state index in [2.05, 4.69) is 48.4 Å². The van der Waals surface area contributed by atoms with Crippen molar-refractivity contribution in [2.24, 2.45) is 0 Å². The van der Waals surface area contributed by atoms with Gasteiger partial charge in [0.15, 0.2) is 11.3 Å². The molecule has 16 heteroatoms. The highest BCUT2D eigenvalue weighted by Gasteiger charge is 2.38. The van der Waals surface area contributed by atoms with Gasteiger partial charge in [0.05, 0.1) is 23.0 Å². The fraction of sp³-hybridized carbons (Fsp3) is 0.346. The Kier molecular flexibility index (Phi) is 7.02. The van der Waals surface area contributed by atoms with Gasteiger partial charge in [-0.05, 0) is 38.0 Å². The summed E-state index contributed by atoms with van der Waals surface area (Å²) in [5, 5.41) is 14.1. The number of aromatic nitrogens is 5. The van der Waals surface area contributed by atoms with Gasteiger partial charge in [0.1, 0.15) is 17.2 Å². The predicted octanol–water partition coefficient (Wildman–Crippen LogP) is 3.75. The molecule has 0 aliphatic heterocycles. The van der Waals surface area contributed by atoms with Gasteiger partial charge in [0.2, 0.25) is 0 Å². The number of anilines is 2. The second kappa shape index (κ2) is 10.3. The Morgan fingerprint density at radius 2 is 1.76 bits per heavy atom. The van der Waals surface area contributed by atoms with E-state index >= 15 is 0 Å². The molecule has 1 saturated carbocycles. The van der Waals surface area contributed by atoms with E-state index in [0.717, 1.165) is 9.54 Å². The Balaban J connectivity index is 1.28. The highest BCUT2D eigenvalue weighted by atomic mass is 127. The van der Waals surface area contributed by atoms with Crippen molar-refractivity contribution in [1.82, 2.24) is 23.6 Å². The fourth-order valence-electron chi connectivity index (χ4n) is 5.31. The van der Waals surface area contributed by atoms with Crippen LogP contribution >= 0.6 is 22.6 Å². The summed E-state index contributed by atoms with van der Waals surface area (Å²) in [6, 6.07) is 7.90. The summed E-state index contributed by atoms with van der Waals surface area (Å²) in [6.45, 7) is 1.35. The number of alkyl halides is 4. The summed E-state index contributed by atoms with van der Waals surface area (Å²) in [5.41, 5.74) is 0.320. The molecule has 3 atom stereocenters. The number of hydrogen-bond acceptors (Lipinski definition) is 9. The molecule has 1 fully saturated rings. The summed E-state index contributed by atoms with van der Waals surface area (Å²) < 4.78 is 67.3. The number of rotatable bonds is 8. The molecule has 2 N–H and O–H groups in total. The first kappa shape index (κ1) is 28.6. The molecule has 1 unspecified atom stereocenters. The van der Waals surface area contributed by atoms with Crippen LogP contribution in [-0.2, 0) is 10.0 Å². The lowest BCUT2D eigenvalue weighted by Crippen LogP contribution is -2.39. The van der Waals surface area contributed by atoms with E-state index in [1.165, 1.54) is 12.4 Å². The smallest absolute Gasteiger partial charge is 0.380 e. The maximum absolute atomic E-state index is 13.4. The van der Waals surface area contributed by atoms with E-state index in [0.29, 0.717) is 29.8 Å². The predicted molar refractivity (Wildman–Crippen MR) is 158 cm³/mol. The Hall–Kier alpha value is -3.54. The van der Waals surface area contributed by atoms with E-state index in [1.54, 1.807) is 34.7 Å². The molecule has 1 aliphatic rings. The molecule has 2 aromatic carbocycles. The standard InChI is InChI=1S/C26H23F3IN7O4S/c1-13-2-4-15(5-3-13)42(40,41)36-9-6-18-25(36)32-12-19-34-35-24(37(18)19)16-10-14(11-17(16)30)33-21-20(22(38)23(21)39)31-8-7-26(27,28)29/h2-6,9,12,14,16-17,31,33H,7-8,10-11H2,1H3/t14-,16?,17-/m1/s1. The van der Waals surface area contributed by atoms with Crippen LogP contribution in [-0.4, -0.2) is 54.7 Å². The third-order valence-electron chi connectivity index (χ3n) is 7.43. The van der Waals surface area contributed by atoms with Crippen LogP contribution in [0.1, 0.15) is 36.6 Å². The lowest BCUT2D eigenvalue weighted by atomic mass is 10.1. The van der Waals surface area contributed by atoms with Gasteiger partial charge in [-0.25, -0.2) is 17.4 Å². The van der Waals surface area contributed by atoms with Gasteiger partial charge < -0.3 is 10.6 Å². The first-order valence-corrected chi connectivity index (χ1v) is 15.6. The minimum atomic E-state index is -4.39. The highest BCUT2D eigenvalue weighted by molar-refractivity contribution is 14.1. The maximum Gasteiger partial charge on any atom is 0.390 e. The summed E-state index contributed by atoms with van der Waals surface area (Å²) in [5.74, 6) is 0.411.